The molecule has 0 aliphatic heterocycles. The van der Waals surface area contributed by atoms with E-state index in [0.717, 1.165) is 13.2 Å². The third-order valence-corrected chi connectivity index (χ3v) is 4.94. The number of hydrogen-bond acceptors (Lipinski definition) is 3. The van der Waals surface area contributed by atoms with Crippen LogP contribution >= 0.6 is 0 Å². The quantitative estimate of drug-likeness (QED) is 0.198. The predicted molar refractivity (Wildman–Crippen MR) is 141 cm³/mol. The minimum atomic E-state index is 0.250. The van der Waals surface area contributed by atoms with Crippen LogP contribution in [0.2, 0.25) is 0 Å². The number of nitrogens with two attached hydrogens (primary N) is 1. The Kier molecular flexibility index (Phi) is 26.5. The van der Waals surface area contributed by atoms with Crippen molar-refractivity contribution in [1.82, 2.24) is 5.32 Å². The molecule has 0 radical (unpaired) electrons. The Bertz CT molecular complexity index is 487. The zero-order valence-corrected chi connectivity index (χ0v) is 22.1. The molecule has 0 saturated carbocycles. The molecular formula is C28H54N2O2. The summed E-state index contributed by atoms with van der Waals surface area (Å²) < 4.78 is 5.70. The Morgan fingerprint density at radius 3 is 1.72 bits per heavy atom. The molecule has 0 aliphatic rings. The molecule has 0 atom stereocenters. The summed E-state index contributed by atoms with van der Waals surface area (Å²) in [4.78, 5) is 8.58. The number of carbonyl (C=O) groups excluding carboxylic acids is 1. The van der Waals surface area contributed by atoms with Gasteiger partial charge in [-0.2, -0.15) is 0 Å². The van der Waals surface area contributed by atoms with Crippen molar-refractivity contribution in [2.24, 2.45) is 11.7 Å². The largest absolute Gasteiger partial charge is 0.377 e. The molecule has 0 heterocycles. The lowest BCUT2D eigenvalue weighted by atomic mass is 10.0. The molecule has 1 amide bonds. The van der Waals surface area contributed by atoms with Crippen LogP contribution in [0.5, 0.6) is 0 Å². The van der Waals surface area contributed by atoms with Crippen molar-refractivity contribution in [2.75, 3.05) is 13.2 Å². The van der Waals surface area contributed by atoms with E-state index in [-0.39, 0.29) is 6.41 Å². The SMILES string of the molecule is CC.CC(C)COCc1ccc(CCCCCCCCCCCNC(C)C)cc1.NC=O. The van der Waals surface area contributed by atoms with E-state index in [2.05, 4.69) is 63.0 Å². The van der Waals surface area contributed by atoms with Gasteiger partial charge < -0.3 is 15.8 Å². The van der Waals surface area contributed by atoms with Gasteiger partial charge in [0.1, 0.15) is 0 Å². The molecule has 1 aromatic carbocycles. The van der Waals surface area contributed by atoms with Gasteiger partial charge in [-0.05, 0) is 42.9 Å². The van der Waals surface area contributed by atoms with Gasteiger partial charge in [0.15, 0.2) is 0 Å². The molecule has 3 N–H and O–H groups in total. The second kappa shape index (κ2) is 25.9. The molecule has 1 rings (SSSR count). The summed E-state index contributed by atoms with van der Waals surface area (Å²) in [6, 6.07) is 9.65. The lowest BCUT2D eigenvalue weighted by molar-refractivity contribution is -0.106. The van der Waals surface area contributed by atoms with Crippen molar-refractivity contribution < 1.29 is 9.53 Å². The van der Waals surface area contributed by atoms with E-state index in [1.54, 1.807) is 0 Å². The molecule has 1 aromatic rings. The smallest absolute Gasteiger partial charge is 0.204 e. The van der Waals surface area contributed by atoms with E-state index in [1.165, 1.54) is 81.9 Å². The van der Waals surface area contributed by atoms with Crippen LogP contribution in [0.15, 0.2) is 24.3 Å². The van der Waals surface area contributed by atoms with Crippen molar-refractivity contribution in [1.29, 1.82) is 0 Å². The molecule has 32 heavy (non-hydrogen) atoms. The summed E-state index contributed by atoms with van der Waals surface area (Å²) in [6.07, 6.45) is 13.9. The van der Waals surface area contributed by atoms with Gasteiger partial charge in [-0.1, -0.05) is 111 Å². The molecular weight excluding hydrogens is 396 g/mol. The van der Waals surface area contributed by atoms with Crippen LogP contribution in [0.25, 0.3) is 0 Å². The average molecular weight is 451 g/mol. The van der Waals surface area contributed by atoms with Gasteiger partial charge in [0.05, 0.1) is 6.61 Å². The molecule has 0 unspecified atom stereocenters. The minimum absolute atomic E-state index is 0.250. The number of primary amides is 1. The normalized spacial score (nSPS) is 10.4. The summed E-state index contributed by atoms with van der Waals surface area (Å²) in [5, 5.41) is 3.49. The van der Waals surface area contributed by atoms with E-state index in [1.807, 2.05) is 13.8 Å². The van der Waals surface area contributed by atoms with Crippen LogP contribution in [0.3, 0.4) is 0 Å². The monoisotopic (exact) mass is 450 g/mol. The van der Waals surface area contributed by atoms with E-state index in [0.29, 0.717) is 12.0 Å². The van der Waals surface area contributed by atoms with Gasteiger partial charge in [0.25, 0.3) is 0 Å². The Hall–Kier alpha value is -1.39. The molecule has 0 saturated heterocycles. The highest BCUT2D eigenvalue weighted by Crippen LogP contribution is 2.13. The van der Waals surface area contributed by atoms with Crippen LogP contribution in [-0.2, 0) is 22.6 Å². The summed E-state index contributed by atoms with van der Waals surface area (Å²) in [5.74, 6) is 0.608. The lowest BCUT2D eigenvalue weighted by Crippen LogP contribution is -2.23. The zero-order chi connectivity index (χ0) is 24.5. The number of aryl methyl sites for hydroxylation is 1. The maximum atomic E-state index is 8.58. The van der Waals surface area contributed by atoms with Crippen LogP contribution in [0, 0.1) is 5.92 Å². The van der Waals surface area contributed by atoms with Crippen molar-refractivity contribution in [2.45, 2.75) is 118 Å². The second-order valence-electron chi connectivity index (χ2n) is 8.90. The lowest BCUT2D eigenvalue weighted by Gasteiger charge is -2.08. The second-order valence-corrected chi connectivity index (χ2v) is 8.90. The summed E-state index contributed by atoms with van der Waals surface area (Å²) in [5.41, 5.74) is 6.93. The van der Waals surface area contributed by atoms with Crippen molar-refractivity contribution in [3.8, 4) is 0 Å². The Morgan fingerprint density at radius 1 is 0.812 bits per heavy atom. The average Bonchev–Trinajstić information content (AvgIpc) is 2.77. The molecule has 4 heteroatoms. The summed E-state index contributed by atoms with van der Waals surface area (Å²) >= 11 is 0. The van der Waals surface area contributed by atoms with Gasteiger partial charge >= 0.3 is 0 Å². The first kappa shape index (κ1) is 32.8. The van der Waals surface area contributed by atoms with Crippen LogP contribution in [0.4, 0.5) is 0 Å². The van der Waals surface area contributed by atoms with Crippen LogP contribution < -0.4 is 11.1 Å². The molecule has 0 bridgehead atoms. The fourth-order valence-electron chi connectivity index (χ4n) is 3.30. The first-order chi connectivity index (χ1) is 15.5. The van der Waals surface area contributed by atoms with Gasteiger partial charge in [-0.3, -0.25) is 4.79 Å². The molecule has 0 aromatic heterocycles. The van der Waals surface area contributed by atoms with Gasteiger partial charge in [0, 0.05) is 12.6 Å². The van der Waals surface area contributed by atoms with Crippen LogP contribution in [-0.4, -0.2) is 25.6 Å². The number of ether oxygens (including phenoxy) is 1. The van der Waals surface area contributed by atoms with E-state index in [4.69, 9.17) is 9.53 Å². The van der Waals surface area contributed by atoms with Crippen molar-refractivity contribution >= 4 is 6.41 Å². The van der Waals surface area contributed by atoms with E-state index in [9.17, 15) is 0 Å². The maximum absolute atomic E-state index is 8.58. The number of hydrogen-bond donors (Lipinski definition) is 2. The minimum Gasteiger partial charge on any atom is -0.377 e. The zero-order valence-electron chi connectivity index (χ0n) is 22.1. The molecule has 0 fully saturated rings. The molecule has 0 spiro atoms. The highest BCUT2D eigenvalue weighted by molar-refractivity contribution is 5.42. The third kappa shape index (κ3) is 24.9. The number of nitrogens with one attached hydrogen (secondary N) is 1. The van der Waals surface area contributed by atoms with Crippen LogP contribution in [0.1, 0.15) is 110 Å². The molecule has 188 valence electrons. The number of rotatable bonds is 17. The Labute approximate surface area is 200 Å². The van der Waals surface area contributed by atoms with Gasteiger partial charge in [-0.25, -0.2) is 0 Å². The van der Waals surface area contributed by atoms with E-state index >= 15 is 0 Å². The number of amides is 1. The Balaban J connectivity index is 0. The number of carbonyl (C=O) groups is 1. The fraction of sp³-hybridized carbons (Fsp3) is 0.750. The predicted octanol–water partition coefficient (Wildman–Crippen LogP) is 7.04. The van der Waals surface area contributed by atoms with Crippen molar-refractivity contribution in [3.63, 3.8) is 0 Å². The highest BCUT2D eigenvalue weighted by Gasteiger charge is 1.99. The summed E-state index contributed by atoms with van der Waals surface area (Å²) in [7, 11) is 0. The fourth-order valence-corrected chi connectivity index (χ4v) is 3.30. The third-order valence-electron chi connectivity index (χ3n) is 4.94. The first-order valence-corrected chi connectivity index (χ1v) is 13.0. The van der Waals surface area contributed by atoms with Gasteiger partial charge in [-0.15, -0.1) is 0 Å². The molecule has 0 aliphatic carbocycles. The first-order valence-electron chi connectivity index (χ1n) is 13.0. The highest BCUT2D eigenvalue weighted by atomic mass is 16.5. The summed E-state index contributed by atoms with van der Waals surface area (Å²) in [6.45, 7) is 15.6. The van der Waals surface area contributed by atoms with Gasteiger partial charge in [0.2, 0.25) is 6.41 Å². The number of benzene rings is 1. The number of unbranched alkanes of at least 4 members (excludes halogenated alkanes) is 8. The maximum Gasteiger partial charge on any atom is 0.204 e. The molecule has 4 nitrogen and oxygen atoms in total. The standard InChI is InChI=1S/C25H45NO.C2H6.CH3NO/c1-22(2)20-27-21-25-17-15-24(16-18-25)14-12-10-8-6-5-7-9-11-13-19-26-23(3)4;1-2;2-1-3/h15-18,22-23,26H,5-14,19-21H2,1-4H3;1-2H3;1H,(H2,2,3). The van der Waals surface area contributed by atoms with E-state index < -0.39 is 0 Å². The Morgan fingerprint density at radius 2 is 1.25 bits per heavy atom. The topological polar surface area (TPSA) is 64.3 Å². The van der Waals surface area contributed by atoms with Crippen molar-refractivity contribution in [3.05, 3.63) is 35.4 Å².